The van der Waals surface area contributed by atoms with Crippen molar-refractivity contribution in [3.05, 3.63) is 54.5 Å². The van der Waals surface area contributed by atoms with Gasteiger partial charge < -0.3 is 10.6 Å². The summed E-state index contributed by atoms with van der Waals surface area (Å²) in [7, 11) is 0. The predicted octanol–water partition coefficient (Wildman–Crippen LogP) is 2.37. The summed E-state index contributed by atoms with van der Waals surface area (Å²) in [5, 5.41) is 7.66. The van der Waals surface area contributed by atoms with E-state index in [1.807, 2.05) is 18.2 Å². The van der Waals surface area contributed by atoms with Crippen LogP contribution in [0, 0.1) is 5.82 Å². The second-order valence-corrected chi connectivity index (χ2v) is 4.41. The number of hydrogen-bond acceptors (Lipinski definition) is 3. The lowest BCUT2D eigenvalue weighted by Crippen LogP contribution is -2.31. The van der Waals surface area contributed by atoms with Crippen LogP contribution < -0.4 is 16.0 Å². The lowest BCUT2D eigenvalue weighted by molar-refractivity contribution is -0.116. The molecule has 0 saturated heterocycles. The fourth-order valence-electron chi connectivity index (χ4n) is 1.64. The van der Waals surface area contributed by atoms with Crippen LogP contribution >= 0.6 is 0 Å². The van der Waals surface area contributed by atoms with Gasteiger partial charge in [-0.2, -0.15) is 0 Å². The largest absolute Gasteiger partial charge is 0.337 e. The standard InChI is InChI=1S/C15H15FN4O2/c16-11-6-7-13(18-10-11)20-15(22)17-9-8-14(21)19-12-4-2-1-3-5-12/h1-7,10H,8-9H2,(H,19,21)(H2,17,18,20,22). The first-order chi connectivity index (χ1) is 10.6. The molecule has 0 atom stereocenters. The molecule has 0 aliphatic carbocycles. The molecule has 0 aliphatic rings. The zero-order valence-electron chi connectivity index (χ0n) is 11.7. The van der Waals surface area contributed by atoms with Crippen LogP contribution in [0.15, 0.2) is 48.7 Å². The Morgan fingerprint density at radius 3 is 2.50 bits per heavy atom. The topological polar surface area (TPSA) is 83.1 Å². The molecule has 0 spiro atoms. The molecule has 0 unspecified atom stereocenters. The molecule has 0 bridgehead atoms. The lowest BCUT2D eigenvalue weighted by atomic mass is 10.3. The average molecular weight is 302 g/mol. The van der Waals surface area contributed by atoms with Crippen LogP contribution in [-0.2, 0) is 4.79 Å². The molecule has 3 amide bonds. The second kappa shape index (κ2) is 7.72. The number of rotatable bonds is 5. The summed E-state index contributed by atoms with van der Waals surface area (Å²) in [5.41, 5.74) is 0.701. The van der Waals surface area contributed by atoms with Gasteiger partial charge in [0.15, 0.2) is 0 Å². The first-order valence-electron chi connectivity index (χ1n) is 6.65. The van der Waals surface area contributed by atoms with E-state index in [1.165, 1.54) is 12.1 Å². The number of halogens is 1. The van der Waals surface area contributed by atoms with E-state index in [1.54, 1.807) is 12.1 Å². The number of benzene rings is 1. The molecule has 0 fully saturated rings. The smallest absolute Gasteiger partial charge is 0.320 e. The molecule has 6 nitrogen and oxygen atoms in total. The van der Waals surface area contributed by atoms with Crippen LogP contribution in [0.1, 0.15) is 6.42 Å². The summed E-state index contributed by atoms with van der Waals surface area (Å²) < 4.78 is 12.7. The molecule has 114 valence electrons. The maximum atomic E-state index is 12.7. The van der Waals surface area contributed by atoms with E-state index in [-0.39, 0.29) is 24.7 Å². The molecule has 1 heterocycles. The minimum atomic E-state index is -0.508. The third-order valence-electron chi connectivity index (χ3n) is 2.66. The van der Waals surface area contributed by atoms with E-state index in [4.69, 9.17) is 0 Å². The quantitative estimate of drug-likeness (QED) is 0.793. The molecule has 1 aromatic heterocycles. The third-order valence-corrected chi connectivity index (χ3v) is 2.66. The fourth-order valence-corrected chi connectivity index (χ4v) is 1.64. The van der Waals surface area contributed by atoms with E-state index in [0.717, 1.165) is 6.20 Å². The zero-order valence-corrected chi connectivity index (χ0v) is 11.7. The van der Waals surface area contributed by atoms with Crippen molar-refractivity contribution in [1.82, 2.24) is 10.3 Å². The molecule has 1 aromatic carbocycles. The minimum absolute atomic E-state index is 0.138. The number of aromatic nitrogens is 1. The summed E-state index contributed by atoms with van der Waals surface area (Å²) in [6, 6.07) is 11.1. The monoisotopic (exact) mass is 302 g/mol. The van der Waals surface area contributed by atoms with Crippen molar-refractivity contribution < 1.29 is 14.0 Å². The van der Waals surface area contributed by atoms with Crippen LogP contribution in [0.3, 0.4) is 0 Å². The van der Waals surface area contributed by atoms with Gasteiger partial charge in [-0.1, -0.05) is 18.2 Å². The van der Waals surface area contributed by atoms with Gasteiger partial charge >= 0.3 is 6.03 Å². The van der Waals surface area contributed by atoms with E-state index in [2.05, 4.69) is 20.9 Å². The highest BCUT2D eigenvalue weighted by Gasteiger charge is 2.05. The van der Waals surface area contributed by atoms with Gasteiger partial charge in [0.1, 0.15) is 11.6 Å². The molecule has 0 radical (unpaired) electrons. The van der Waals surface area contributed by atoms with Gasteiger partial charge in [0.2, 0.25) is 5.91 Å². The Kier molecular flexibility index (Phi) is 5.42. The fraction of sp³-hybridized carbons (Fsp3) is 0.133. The molecule has 3 N–H and O–H groups in total. The molecular formula is C15H15FN4O2. The molecule has 2 aromatic rings. The summed E-state index contributed by atoms with van der Waals surface area (Å²) in [5.74, 6) is -0.456. The number of hydrogen-bond donors (Lipinski definition) is 3. The summed E-state index contributed by atoms with van der Waals surface area (Å²) >= 11 is 0. The molecule has 0 aliphatic heterocycles. The van der Waals surface area contributed by atoms with Crippen molar-refractivity contribution in [2.45, 2.75) is 6.42 Å². The molecule has 7 heteroatoms. The molecular weight excluding hydrogens is 287 g/mol. The highest BCUT2D eigenvalue weighted by atomic mass is 19.1. The van der Waals surface area contributed by atoms with Crippen molar-refractivity contribution in [3.8, 4) is 0 Å². The first kappa shape index (κ1) is 15.4. The van der Waals surface area contributed by atoms with Crippen LogP contribution in [0.25, 0.3) is 0 Å². The number of nitrogens with one attached hydrogen (secondary N) is 3. The Bertz CT molecular complexity index is 632. The number of nitrogens with zero attached hydrogens (tertiary/aromatic N) is 1. The number of urea groups is 1. The summed E-state index contributed by atoms with van der Waals surface area (Å²) in [6.45, 7) is 0.172. The Morgan fingerprint density at radius 1 is 1.05 bits per heavy atom. The molecule has 0 saturated carbocycles. The normalized spacial score (nSPS) is 9.86. The second-order valence-electron chi connectivity index (χ2n) is 4.41. The van der Waals surface area contributed by atoms with Gasteiger partial charge in [0.25, 0.3) is 0 Å². The first-order valence-corrected chi connectivity index (χ1v) is 6.65. The maximum Gasteiger partial charge on any atom is 0.320 e. The molecule has 2 rings (SSSR count). The van der Waals surface area contributed by atoms with Crippen molar-refractivity contribution in [2.75, 3.05) is 17.2 Å². The van der Waals surface area contributed by atoms with Crippen molar-refractivity contribution in [1.29, 1.82) is 0 Å². The van der Waals surface area contributed by atoms with Crippen molar-refractivity contribution >= 4 is 23.4 Å². The summed E-state index contributed by atoms with van der Waals surface area (Å²) in [4.78, 5) is 26.9. The Hall–Kier alpha value is -2.96. The van der Waals surface area contributed by atoms with Gasteiger partial charge in [-0.25, -0.2) is 14.2 Å². The third kappa shape index (κ3) is 5.20. The molecule has 22 heavy (non-hydrogen) atoms. The van der Waals surface area contributed by atoms with Gasteiger partial charge in [0, 0.05) is 18.7 Å². The highest BCUT2D eigenvalue weighted by molar-refractivity contribution is 5.92. The van der Waals surface area contributed by atoms with E-state index in [0.29, 0.717) is 5.69 Å². The van der Waals surface area contributed by atoms with Gasteiger partial charge in [-0.3, -0.25) is 10.1 Å². The van der Waals surface area contributed by atoms with Gasteiger partial charge in [-0.05, 0) is 24.3 Å². The predicted molar refractivity (Wildman–Crippen MR) is 80.9 cm³/mol. The van der Waals surface area contributed by atoms with Crippen LogP contribution in [0.5, 0.6) is 0 Å². The van der Waals surface area contributed by atoms with E-state index >= 15 is 0 Å². The highest BCUT2D eigenvalue weighted by Crippen LogP contribution is 2.05. The average Bonchev–Trinajstić information content (AvgIpc) is 2.50. The summed E-state index contributed by atoms with van der Waals surface area (Å²) in [6.07, 6.45) is 1.14. The number of anilines is 2. The van der Waals surface area contributed by atoms with E-state index < -0.39 is 11.8 Å². The number of carbonyl (C=O) groups is 2. The zero-order chi connectivity index (χ0) is 15.8. The number of pyridine rings is 1. The number of amides is 3. The minimum Gasteiger partial charge on any atom is -0.337 e. The van der Waals surface area contributed by atoms with Crippen LogP contribution in [0.2, 0.25) is 0 Å². The van der Waals surface area contributed by atoms with Crippen molar-refractivity contribution in [2.24, 2.45) is 0 Å². The van der Waals surface area contributed by atoms with Crippen LogP contribution in [-0.4, -0.2) is 23.5 Å². The van der Waals surface area contributed by atoms with Gasteiger partial charge in [0.05, 0.1) is 6.20 Å². The number of carbonyl (C=O) groups excluding carboxylic acids is 2. The SMILES string of the molecule is O=C(CCNC(=O)Nc1ccc(F)cn1)Nc1ccccc1. The van der Waals surface area contributed by atoms with E-state index in [9.17, 15) is 14.0 Å². The number of para-hydroxylation sites is 1. The maximum absolute atomic E-state index is 12.7. The lowest BCUT2D eigenvalue weighted by Gasteiger charge is -2.07. The van der Waals surface area contributed by atoms with Gasteiger partial charge in [-0.15, -0.1) is 0 Å². The Morgan fingerprint density at radius 2 is 1.82 bits per heavy atom. The Balaban J connectivity index is 1.68. The Labute approximate surface area is 126 Å². The van der Waals surface area contributed by atoms with Crippen molar-refractivity contribution in [3.63, 3.8) is 0 Å². The van der Waals surface area contributed by atoms with Crippen LogP contribution in [0.4, 0.5) is 20.7 Å².